The third-order valence-corrected chi connectivity index (χ3v) is 4.15. The maximum absolute atomic E-state index is 13.2. The van der Waals surface area contributed by atoms with Crippen molar-refractivity contribution in [2.75, 3.05) is 0 Å². The van der Waals surface area contributed by atoms with Gasteiger partial charge in [0.25, 0.3) is 0 Å². The van der Waals surface area contributed by atoms with Crippen molar-refractivity contribution in [3.8, 4) is 0 Å². The SMILES string of the molecule is Cc1nnc(Sc2ccc(F)cc2[C@H](C)N)s1. The number of nitrogens with two attached hydrogens (primary N) is 1. The normalized spacial score (nSPS) is 12.7. The highest BCUT2D eigenvalue weighted by Gasteiger charge is 2.11. The van der Waals surface area contributed by atoms with E-state index in [4.69, 9.17) is 5.73 Å². The van der Waals surface area contributed by atoms with Crippen LogP contribution >= 0.6 is 23.1 Å². The van der Waals surface area contributed by atoms with Gasteiger partial charge in [-0.05, 0) is 37.6 Å². The lowest BCUT2D eigenvalue weighted by Gasteiger charge is -2.10. The Hall–Kier alpha value is -0.980. The first-order valence-corrected chi connectivity index (χ1v) is 6.72. The van der Waals surface area contributed by atoms with E-state index in [2.05, 4.69) is 10.2 Å². The molecule has 0 spiro atoms. The molecule has 0 aliphatic heterocycles. The molecule has 2 aromatic rings. The zero-order chi connectivity index (χ0) is 12.4. The summed E-state index contributed by atoms with van der Waals surface area (Å²) < 4.78 is 14.0. The molecular formula is C11H12FN3S2. The molecule has 1 aromatic heterocycles. The molecule has 3 nitrogen and oxygen atoms in total. The molecule has 0 unspecified atom stereocenters. The summed E-state index contributed by atoms with van der Waals surface area (Å²) in [6.07, 6.45) is 0. The maximum atomic E-state index is 13.2. The van der Waals surface area contributed by atoms with Gasteiger partial charge in [-0.1, -0.05) is 23.1 Å². The highest BCUT2D eigenvalue weighted by molar-refractivity contribution is 8.01. The lowest BCUT2D eigenvalue weighted by atomic mass is 10.1. The first kappa shape index (κ1) is 12.5. The quantitative estimate of drug-likeness (QED) is 0.930. The molecular weight excluding hydrogens is 257 g/mol. The van der Waals surface area contributed by atoms with Crippen LogP contribution in [0.4, 0.5) is 4.39 Å². The van der Waals surface area contributed by atoms with Crippen LogP contribution in [0.5, 0.6) is 0 Å². The molecule has 0 fully saturated rings. The van der Waals surface area contributed by atoms with E-state index in [1.165, 1.54) is 35.2 Å². The van der Waals surface area contributed by atoms with E-state index >= 15 is 0 Å². The zero-order valence-corrected chi connectivity index (χ0v) is 11.1. The van der Waals surface area contributed by atoms with E-state index in [0.29, 0.717) is 0 Å². The van der Waals surface area contributed by atoms with Crippen molar-refractivity contribution in [2.45, 2.75) is 29.1 Å². The highest BCUT2D eigenvalue weighted by atomic mass is 32.2. The number of aromatic nitrogens is 2. The molecule has 0 aliphatic carbocycles. The molecule has 1 atom stereocenters. The summed E-state index contributed by atoms with van der Waals surface area (Å²) >= 11 is 2.98. The van der Waals surface area contributed by atoms with Crippen molar-refractivity contribution in [3.05, 3.63) is 34.6 Å². The Morgan fingerprint density at radius 3 is 2.76 bits per heavy atom. The molecule has 0 bridgehead atoms. The van der Waals surface area contributed by atoms with Crippen molar-refractivity contribution in [1.29, 1.82) is 0 Å². The Kier molecular flexibility index (Phi) is 3.76. The average Bonchev–Trinajstić information content (AvgIpc) is 2.66. The van der Waals surface area contributed by atoms with E-state index in [-0.39, 0.29) is 11.9 Å². The molecule has 0 radical (unpaired) electrons. The van der Waals surface area contributed by atoms with Crippen molar-refractivity contribution in [2.24, 2.45) is 5.73 Å². The topological polar surface area (TPSA) is 51.8 Å². The summed E-state index contributed by atoms with van der Waals surface area (Å²) in [6, 6.07) is 4.43. The molecule has 1 aromatic carbocycles. The van der Waals surface area contributed by atoms with Gasteiger partial charge in [-0.2, -0.15) is 0 Å². The number of hydrogen-bond acceptors (Lipinski definition) is 5. The zero-order valence-electron chi connectivity index (χ0n) is 9.48. The Balaban J connectivity index is 2.32. The van der Waals surface area contributed by atoms with E-state index in [1.807, 2.05) is 13.8 Å². The fourth-order valence-corrected chi connectivity index (χ4v) is 3.36. The number of aryl methyl sites for hydroxylation is 1. The van der Waals surface area contributed by atoms with Gasteiger partial charge in [-0.15, -0.1) is 10.2 Å². The standard InChI is InChI=1S/C11H12FN3S2/c1-6(13)9-5-8(12)3-4-10(9)17-11-15-14-7(2)16-11/h3-6H,13H2,1-2H3/t6-/m0/s1. The fourth-order valence-electron chi connectivity index (χ4n) is 1.38. The average molecular weight is 269 g/mol. The van der Waals surface area contributed by atoms with Gasteiger partial charge in [0, 0.05) is 10.9 Å². The smallest absolute Gasteiger partial charge is 0.179 e. The number of rotatable bonds is 3. The number of benzene rings is 1. The van der Waals surface area contributed by atoms with Crippen LogP contribution in [-0.4, -0.2) is 10.2 Å². The predicted molar refractivity (Wildman–Crippen MR) is 67.8 cm³/mol. The Morgan fingerprint density at radius 2 is 2.18 bits per heavy atom. The van der Waals surface area contributed by atoms with E-state index in [9.17, 15) is 4.39 Å². The Labute approximate surface area is 107 Å². The Morgan fingerprint density at radius 1 is 1.41 bits per heavy atom. The van der Waals surface area contributed by atoms with Gasteiger partial charge < -0.3 is 5.73 Å². The minimum absolute atomic E-state index is 0.206. The number of nitrogens with zero attached hydrogens (tertiary/aromatic N) is 2. The lowest BCUT2D eigenvalue weighted by Crippen LogP contribution is -2.06. The van der Waals surface area contributed by atoms with E-state index in [0.717, 1.165) is 19.8 Å². The molecule has 1 heterocycles. The monoisotopic (exact) mass is 269 g/mol. The second-order valence-electron chi connectivity index (χ2n) is 3.66. The van der Waals surface area contributed by atoms with Gasteiger partial charge in [0.2, 0.25) is 0 Å². The second kappa shape index (κ2) is 5.12. The van der Waals surface area contributed by atoms with Crippen LogP contribution in [0.1, 0.15) is 23.5 Å². The molecule has 0 saturated carbocycles. The number of hydrogen-bond donors (Lipinski definition) is 1. The molecule has 6 heteroatoms. The van der Waals surface area contributed by atoms with Crippen LogP contribution in [0.3, 0.4) is 0 Å². The van der Waals surface area contributed by atoms with E-state index < -0.39 is 0 Å². The maximum Gasteiger partial charge on any atom is 0.179 e. The van der Waals surface area contributed by atoms with E-state index in [1.54, 1.807) is 6.07 Å². The van der Waals surface area contributed by atoms with Crippen LogP contribution in [0.15, 0.2) is 27.4 Å². The van der Waals surface area contributed by atoms with Crippen LogP contribution < -0.4 is 5.73 Å². The molecule has 17 heavy (non-hydrogen) atoms. The molecule has 2 N–H and O–H groups in total. The lowest BCUT2D eigenvalue weighted by molar-refractivity contribution is 0.619. The fraction of sp³-hybridized carbons (Fsp3) is 0.273. The van der Waals surface area contributed by atoms with Gasteiger partial charge in [0.15, 0.2) is 4.34 Å². The summed E-state index contributed by atoms with van der Waals surface area (Å²) in [5, 5.41) is 8.89. The van der Waals surface area contributed by atoms with Gasteiger partial charge in [-0.3, -0.25) is 0 Å². The Bertz CT molecular complexity index is 525. The van der Waals surface area contributed by atoms with Crippen LogP contribution in [0, 0.1) is 12.7 Å². The van der Waals surface area contributed by atoms with Gasteiger partial charge in [-0.25, -0.2) is 4.39 Å². The molecule has 90 valence electrons. The number of halogens is 1. The van der Waals surface area contributed by atoms with Crippen LogP contribution in [0.2, 0.25) is 0 Å². The summed E-state index contributed by atoms with van der Waals surface area (Å²) in [4.78, 5) is 0.928. The van der Waals surface area contributed by atoms with Crippen molar-refractivity contribution < 1.29 is 4.39 Å². The first-order chi connectivity index (χ1) is 8.06. The molecule has 2 rings (SSSR count). The minimum Gasteiger partial charge on any atom is -0.324 e. The van der Waals surface area contributed by atoms with Gasteiger partial charge in [0.1, 0.15) is 10.8 Å². The summed E-state index contributed by atoms with van der Waals surface area (Å²) in [6.45, 7) is 3.74. The molecule has 0 amide bonds. The first-order valence-electron chi connectivity index (χ1n) is 5.09. The summed E-state index contributed by atoms with van der Waals surface area (Å²) in [5.41, 5.74) is 6.62. The summed E-state index contributed by atoms with van der Waals surface area (Å²) in [7, 11) is 0. The van der Waals surface area contributed by atoms with Gasteiger partial charge >= 0.3 is 0 Å². The van der Waals surface area contributed by atoms with Crippen LogP contribution in [-0.2, 0) is 0 Å². The highest BCUT2D eigenvalue weighted by Crippen LogP contribution is 2.34. The van der Waals surface area contributed by atoms with Crippen molar-refractivity contribution in [3.63, 3.8) is 0 Å². The molecule has 0 aliphatic rings. The van der Waals surface area contributed by atoms with Crippen molar-refractivity contribution >= 4 is 23.1 Å². The third kappa shape index (κ3) is 3.02. The minimum atomic E-state index is -0.268. The molecule has 0 saturated heterocycles. The van der Waals surface area contributed by atoms with Crippen molar-refractivity contribution in [1.82, 2.24) is 10.2 Å². The van der Waals surface area contributed by atoms with Gasteiger partial charge in [0.05, 0.1) is 0 Å². The van der Waals surface area contributed by atoms with Crippen LogP contribution in [0.25, 0.3) is 0 Å². The summed E-state index contributed by atoms with van der Waals surface area (Å²) in [5.74, 6) is -0.268. The second-order valence-corrected chi connectivity index (χ2v) is 6.13. The third-order valence-electron chi connectivity index (χ3n) is 2.17. The largest absolute Gasteiger partial charge is 0.324 e. The predicted octanol–water partition coefficient (Wildman–Crippen LogP) is 3.16.